The molecule has 1 aliphatic rings. The second-order valence-electron chi connectivity index (χ2n) is 17.1. The van der Waals surface area contributed by atoms with Crippen molar-refractivity contribution < 1.29 is 13.3 Å². The summed E-state index contributed by atoms with van der Waals surface area (Å²) in [5, 5.41) is 9.07. The van der Waals surface area contributed by atoms with E-state index in [1.54, 1.807) is 0 Å². The molecule has 0 fully saturated rings. The van der Waals surface area contributed by atoms with Crippen LogP contribution in [-0.4, -0.2) is 4.57 Å². The highest BCUT2D eigenvalue weighted by Crippen LogP contribution is 2.51. The quantitative estimate of drug-likeness (QED) is 0.178. The van der Waals surface area contributed by atoms with Crippen LogP contribution in [0.1, 0.15) is 0 Å². The van der Waals surface area contributed by atoms with E-state index in [4.69, 9.17) is 13.3 Å². The van der Waals surface area contributed by atoms with Gasteiger partial charge in [0.15, 0.2) is 0 Å². The number of benzene rings is 10. The predicted octanol–water partition coefficient (Wildman–Crippen LogP) is 17.1. The molecule has 14 aromatic rings. The van der Waals surface area contributed by atoms with E-state index in [-0.39, 0.29) is 0 Å². The summed E-state index contributed by atoms with van der Waals surface area (Å²) in [6, 6.07) is 72.0. The Balaban J connectivity index is 1.04. The lowest BCUT2D eigenvalue weighted by atomic mass is 9.89. The van der Waals surface area contributed by atoms with Crippen LogP contribution in [0.15, 0.2) is 213 Å². The third-order valence-electron chi connectivity index (χ3n) is 13.8. The topological polar surface area (TPSA) is 44.4 Å². The zero-order valence-corrected chi connectivity index (χ0v) is 34.2. The average Bonchev–Trinajstić information content (AvgIpc) is 4.11. The minimum absolute atomic E-state index is 0.889. The molecular weight excluding hydrogens is 783 g/mol. The molecule has 0 spiro atoms. The zero-order chi connectivity index (χ0) is 41.6. The van der Waals surface area contributed by atoms with Gasteiger partial charge in [-0.1, -0.05) is 146 Å². The molecule has 0 saturated carbocycles. The Labute approximate surface area is 365 Å². The van der Waals surface area contributed by atoms with E-state index in [2.05, 4.69) is 187 Å². The van der Waals surface area contributed by atoms with Gasteiger partial charge in [0.2, 0.25) is 0 Å². The third-order valence-corrected chi connectivity index (χ3v) is 13.8. The van der Waals surface area contributed by atoms with E-state index in [0.717, 1.165) is 116 Å². The molecule has 0 atom stereocenters. The summed E-state index contributed by atoms with van der Waals surface area (Å²) in [4.78, 5) is 0. The van der Waals surface area contributed by atoms with Gasteiger partial charge >= 0.3 is 0 Å². The second kappa shape index (κ2) is 12.5. The largest absolute Gasteiger partial charge is 0.455 e. The highest BCUT2D eigenvalue weighted by Gasteiger charge is 2.27. The number of aromatic nitrogens is 1. The van der Waals surface area contributed by atoms with Crippen LogP contribution in [0.5, 0.6) is 0 Å². The van der Waals surface area contributed by atoms with Crippen LogP contribution >= 0.6 is 0 Å². The molecule has 0 aliphatic carbocycles. The van der Waals surface area contributed by atoms with Crippen molar-refractivity contribution in [1.29, 1.82) is 0 Å². The number of furan rings is 3. The van der Waals surface area contributed by atoms with Crippen molar-refractivity contribution in [1.82, 2.24) is 4.57 Å². The lowest BCUT2D eigenvalue weighted by molar-refractivity contribution is 0.669. The van der Waals surface area contributed by atoms with Crippen molar-refractivity contribution in [3.05, 3.63) is 200 Å². The minimum atomic E-state index is 0.889. The first kappa shape index (κ1) is 34.0. The van der Waals surface area contributed by atoms with Gasteiger partial charge in [0.05, 0.1) is 16.7 Å². The van der Waals surface area contributed by atoms with Gasteiger partial charge in [-0.3, -0.25) is 0 Å². The lowest BCUT2D eigenvalue weighted by Crippen LogP contribution is -1.96. The van der Waals surface area contributed by atoms with E-state index in [1.807, 2.05) is 18.2 Å². The first-order valence-corrected chi connectivity index (χ1v) is 21.8. The highest BCUT2D eigenvalue weighted by molar-refractivity contribution is 6.20. The minimum Gasteiger partial charge on any atom is -0.455 e. The summed E-state index contributed by atoms with van der Waals surface area (Å²) in [6.07, 6.45) is 0. The van der Waals surface area contributed by atoms with Gasteiger partial charge in [0.25, 0.3) is 0 Å². The fraction of sp³-hybridized carbons (Fsp3) is 0. The molecule has 0 N–H and O–H groups in total. The molecule has 0 bridgehead atoms. The van der Waals surface area contributed by atoms with Crippen LogP contribution in [0.3, 0.4) is 0 Å². The maximum Gasteiger partial charge on any atom is 0.143 e. The van der Waals surface area contributed by atoms with Gasteiger partial charge in [-0.15, -0.1) is 0 Å². The molecule has 0 unspecified atom stereocenters. The van der Waals surface area contributed by atoms with Crippen LogP contribution in [0.25, 0.3) is 149 Å². The molecule has 0 amide bonds. The monoisotopic (exact) mass is 815 g/mol. The zero-order valence-electron chi connectivity index (χ0n) is 34.2. The molecule has 296 valence electrons. The van der Waals surface area contributed by atoms with Gasteiger partial charge in [-0.25, -0.2) is 0 Å². The van der Waals surface area contributed by atoms with Gasteiger partial charge in [-0.2, -0.15) is 0 Å². The van der Waals surface area contributed by atoms with E-state index in [1.165, 1.54) is 33.0 Å². The number of para-hydroxylation sites is 6. The molecule has 0 saturated heterocycles. The predicted molar refractivity (Wildman–Crippen MR) is 263 cm³/mol. The molecule has 10 aromatic carbocycles. The van der Waals surface area contributed by atoms with Crippen molar-refractivity contribution in [2.24, 2.45) is 0 Å². The van der Waals surface area contributed by atoms with Crippen LogP contribution in [-0.2, 0) is 0 Å². The summed E-state index contributed by atoms with van der Waals surface area (Å²) in [5.74, 6) is 0. The molecule has 15 rings (SSSR count). The highest BCUT2D eigenvalue weighted by atomic mass is 16.3. The van der Waals surface area contributed by atoms with Crippen molar-refractivity contribution in [2.45, 2.75) is 0 Å². The fourth-order valence-electron chi connectivity index (χ4n) is 10.9. The summed E-state index contributed by atoms with van der Waals surface area (Å²) in [7, 11) is 0. The molecule has 4 nitrogen and oxygen atoms in total. The second-order valence-corrected chi connectivity index (χ2v) is 17.1. The summed E-state index contributed by atoms with van der Waals surface area (Å²) < 4.78 is 22.4. The Morgan fingerprint density at radius 3 is 1.27 bits per heavy atom. The van der Waals surface area contributed by atoms with Crippen molar-refractivity contribution in [3.63, 3.8) is 0 Å². The van der Waals surface area contributed by atoms with E-state index in [9.17, 15) is 0 Å². The van der Waals surface area contributed by atoms with Gasteiger partial charge < -0.3 is 17.8 Å². The average molecular weight is 816 g/mol. The maximum atomic E-state index is 6.70. The number of rotatable bonds is 3. The van der Waals surface area contributed by atoms with Crippen molar-refractivity contribution in [2.75, 3.05) is 0 Å². The third kappa shape index (κ3) is 4.56. The summed E-state index contributed by atoms with van der Waals surface area (Å²) in [5.41, 5.74) is 20.0. The number of nitrogens with zero attached hydrogens (tertiary/aromatic N) is 1. The Hall–Kier alpha value is -8.60. The number of hydrogen-bond acceptors (Lipinski definition) is 3. The normalized spacial score (nSPS) is 12.4. The van der Waals surface area contributed by atoms with Crippen LogP contribution in [0.4, 0.5) is 0 Å². The van der Waals surface area contributed by atoms with E-state index < -0.39 is 0 Å². The van der Waals surface area contributed by atoms with E-state index >= 15 is 0 Å². The van der Waals surface area contributed by atoms with Crippen LogP contribution < -0.4 is 0 Å². The molecule has 0 radical (unpaired) electrons. The van der Waals surface area contributed by atoms with Crippen LogP contribution in [0.2, 0.25) is 0 Å². The van der Waals surface area contributed by atoms with Crippen molar-refractivity contribution >= 4 is 87.6 Å². The molecule has 1 aliphatic heterocycles. The maximum absolute atomic E-state index is 6.70. The molecule has 5 heterocycles. The van der Waals surface area contributed by atoms with Gasteiger partial charge in [-0.05, 0) is 82.4 Å². The summed E-state index contributed by atoms with van der Waals surface area (Å²) in [6.45, 7) is 0. The molecule has 4 aromatic heterocycles. The number of hydrogen-bond donors (Lipinski definition) is 0. The first-order chi connectivity index (χ1) is 31.7. The molecule has 4 heteroatoms. The smallest absolute Gasteiger partial charge is 0.143 e. The van der Waals surface area contributed by atoms with Gasteiger partial charge in [0, 0.05) is 70.9 Å². The van der Waals surface area contributed by atoms with Crippen molar-refractivity contribution in [3.8, 4) is 61.3 Å². The number of fused-ring (bicyclic) bond motifs is 17. The SMILES string of the molecule is c1ccc2c(c1)-c1cc(-c3cccc4c3oc3ccccc34)ccc1-n1c3ccc(-c4cccc5c4oc4ccccc45)cc3c3cc(-c4cccc5c4oc4ccccc45)cc-2c31. The standard InChI is InChI=1S/C60H33NO3/c1-2-13-41-40(12-1)48-30-34(37-17-9-20-45-42-14-3-6-23-54(42)62-58(37)45)26-28-52(48)61-53-29-27-35(38-18-10-21-46-43-15-4-7-24-55(43)63-59(38)46)31-49(53)51-33-36(32-50(41)57(51)61)39-19-11-22-47-44-16-5-8-25-56(44)64-60(39)47/h1-33H. The Morgan fingerprint density at radius 1 is 0.266 bits per heavy atom. The summed E-state index contributed by atoms with van der Waals surface area (Å²) >= 11 is 0. The van der Waals surface area contributed by atoms with E-state index in [0.29, 0.717) is 0 Å². The fourth-order valence-corrected chi connectivity index (χ4v) is 10.9. The molecular formula is C60H33NO3. The Bertz CT molecular complexity index is 4320. The Morgan fingerprint density at radius 2 is 0.688 bits per heavy atom. The van der Waals surface area contributed by atoms with Crippen LogP contribution in [0, 0.1) is 0 Å². The van der Waals surface area contributed by atoms with Gasteiger partial charge in [0.1, 0.15) is 33.5 Å². The Kier molecular flexibility index (Phi) is 6.65. The lowest BCUT2D eigenvalue weighted by Gasteiger charge is -2.15. The first-order valence-electron chi connectivity index (χ1n) is 21.8. The molecule has 64 heavy (non-hydrogen) atoms.